The van der Waals surface area contributed by atoms with E-state index in [0.717, 1.165) is 42.3 Å². The zero-order chi connectivity index (χ0) is 24.3. The Morgan fingerprint density at radius 2 is 2.12 bits per heavy atom. The highest BCUT2D eigenvalue weighted by atomic mass is 16.5. The molecule has 0 radical (unpaired) electrons. The van der Waals surface area contributed by atoms with E-state index in [1.165, 1.54) is 5.70 Å². The number of nitrogens with zero attached hydrogens (tertiary/aromatic N) is 2. The predicted octanol–water partition coefficient (Wildman–Crippen LogP) is 2.83. The lowest BCUT2D eigenvalue weighted by Gasteiger charge is -2.37. The Labute approximate surface area is 202 Å². The summed E-state index contributed by atoms with van der Waals surface area (Å²) < 4.78 is 11.2. The minimum absolute atomic E-state index is 0.0890. The summed E-state index contributed by atoms with van der Waals surface area (Å²) in [5.41, 5.74) is 9.75. The topological polar surface area (TPSA) is 75.2 Å². The van der Waals surface area contributed by atoms with E-state index in [9.17, 15) is 4.79 Å². The molecule has 0 saturated carbocycles. The van der Waals surface area contributed by atoms with Crippen molar-refractivity contribution in [1.82, 2.24) is 15.5 Å². The van der Waals surface area contributed by atoms with Crippen molar-refractivity contribution >= 4 is 11.6 Å². The van der Waals surface area contributed by atoms with E-state index in [1.54, 1.807) is 14.2 Å². The molecule has 0 aromatic heterocycles. The van der Waals surface area contributed by atoms with E-state index in [4.69, 9.17) is 14.5 Å². The fourth-order valence-electron chi connectivity index (χ4n) is 4.92. The van der Waals surface area contributed by atoms with Crippen LogP contribution >= 0.6 is 0 Å². The Morgan fingerprint density at radius 1 is 1.29 bits per heavy atom. The highest BCUT2D eigenvalue weighted by Gasteiger charge is 2.43. The summed E-state index contributed by atoms with van der Waals surface area (Å²) in [4.78, 5) is 19.9. The molecule has 3 atom stereocenters. The van der Waals surface area contributed by atoms with Crippen LogP contribution in [0.4, 0.5) is 0 Å². The minimum Gasteiger partial charge on any atom is -0.497 e. The van der Waals surface area contributed by atoms with Crippen LogP contribution in [0.2, 0.25) is 0 Å². The van der Waals surface area contributed by atoms with E-state index >= 15 is 0 Å². The summed E-state index contributed by atoms with van der Waals surface area (Å²) in [6.07, 6.45) is 11.0. The first-order valence-electron chi connectivity index (χ1n) is 11.8. The maximum absolute atomic E-state index is 12.6. The number of hydrogen-bond acceptors (Lipinski definition) is 6. The Hall–Kier alpha value is -3.24. The fourth-order valence-corrected chi connectivity index (χ4v) is 4.92. The van der Waals surface area contributed by atoms with Gasteiger partial charge < -0.3 is 25.0 Å². The number of hydrogen-bond donors (Lipinski definition) is 2. The predicted molar refractivity (Wildman–Crippen MR) is 133 cm³/mol. The van der Waals surface area contributed by atoms with Crippen LogP contribution in [-0.4, -0.2) is 64.0 Å². The van der Waals surface area contributed by atoms with Gasteiger partial charge in [-0.1, -0.05) is 12.7 Å². The lowest BCUT2D eigenvalue weighted by molar-refractivity contribution is -0.128. The van der Waals surface area contributed by atoms with E-state index in [0.29, 0.717) is 18.9 Å². The molecule has 0 spiro atoms. The number of likely N-dealkylation sites (tertiary alicyclic amines) is 1. The fraction of sp³-hybridized carbons (Fsp3) is 0.481. The van der Waals surface area contributed by atoms with Gasteiger partial charge in [0.25, 0.3) is 0 Å². The van der Waals surface area contributed by atoms with Gasteiger partial charge in [-0.2, -0.15) is 0 Å². The average Bonchev–Trinajstić information content (AvgIpc) is 3.26. The van der Waals surface area contributed by atoms with Gasteiger partial charge in [-0.25, -0.2) is 0 Å². The molecule has 34 heavy (non-hydrogen) atoms. The zero-order valence-electron chi connectivity index (χ0n) is 20.7. The molecule has 4 rings (SSSR count). The van der Waals surface area contributed by atoms with Gasteiger partial charge in [0.05, 0.1) is 29.5 Å². The van der Waals surface area contributed by atoms with Gasteiger partial charge >= 0.3 is 0 Å². The third kappa shape index (κ3) is 4.69. The first-order valence-corrected chi connectivity index (χ1v) is 11.8. The third-order valence-electron chi connectivity index (χ3n) is 6.87. The second-order valence-corrected chi connectivity index (χ2v) is 9.37. The lowest BCUT2D eigenvalue weighted by Crippen LogP contribution is -2.40. The van der Waals surface area contributed by atoms with Crippen molar-refractivity contribution in [3.05, 3.63) is 70.3 Å². The van der Waals surface area contributed by atoms with Gasteiger partial charge in [-0.3, -0.25) is 9.79 Å². The number of aliphatic imine (C=N–C) groups is 1. The van der Waals surface area contributed by atoms with Crippen molar-refractivity contribution in [1.29, 1.82) is 0 Å². The highest BCUT2D eigenvalue weighted by molar-refractivity contribution is 6.12. The maximum atomic E-state index is 12.6. The van der Waals surface area contributed by atoms with E-state index in [1.807, 2.05) is 32.2 Å². The molecule has 2 aliphatic carbocycles. The average molecular weight is 463 g/mol. The Morgan fingerprint density at radius 3 is 2.79 bits per heavy atom. The van der Waals surface area contributed by atoms with Crippen LogP contribution in [0, 0.1) is 17.3 Å². The molecule has 0 bridgehead atoms. The monoisotopic (exact) mass is 462 g/mol. The molecule has 4 aliphatic rings. The molecule has 7 nitrogen and oxygen atoms in total. The molecule has 2 unspecified atom stereocenters. The number of carbonyl (C=O) groups excluding carboxylic acids is 1. The van der Waals surface area contributed by atoms with Crippen molar-refractivity contribution in [2.45, 2.75) is 20.3 Å². The number of ether oxygens (including phenoxy) is 2. The summed E-state index contributed by atoms with van der Waals surface area (Å²) in [5.74, 6) is 1.91. The maximum Gasteiger partial charge on any atom is 0.227 e. The number of amides is 1. The number of likely N-dealkylation sites (N-methyl/N-ethyl adjacent to an activating group) is 1. The van der Waals surface area contributed by atoms with Gasteiger partial charge in [0.2, 0.25) is 5.91 Å². The molecule has 1 fully saturated rings. The molecule has 7 heteroatoms. The summed E-state index contributed by atoms with van der Waals surface area (Å²) in [5, 5.41) is 5.90. The Kier molecular flexibility index (Phi) is 6.99. The lowest BCUT2D eigenvalue weighted by atomic mass is 9.80. The second kappa shape index (κ2) is 9.94. The Bertz CT molecular complexity index is 1110. The first-order chi connectivity index (χ1) is 16.4. The molecular weight excluding hydrogens is 428 g/mol. The number of allylic oxidation sites excluding steroid dienone is 6. The smallest absolute Gasteiger partial charge is 0.227 e. The standard InChI is InChI=1S/C27H34N4O3/c1-18-14-21(33-5)15-23-25(18)24(31-12-10-27(2,17-31)26(32)29-4)16-22(30-23)19-6-8-20(9-7-19)34-13-11-28-3/h6,8,14-16,18,25,28H,10-13,17H2,1-5H3,(H,29,32)/t18?,25?,27-/m0/s1. The number of nitrogens with one attached hydrogen (secondary N) is 2. The number of methoxy groups -OCH3 is 1. The molecule has 0 aromatic rings. The van der Waals surface area contributed by atoms with Gasteiger partial charge in [0.1, 0.15) is 12.4 Å². The van der Waals surface area contributed by atoms with Crippen LogP contribution < -0.4 is 10.6 Å². The van der Waals surface area contributed by atoms with Crippen molar-refractivity contribution in [2.75, 3.05) is 47.4 Å². The number of fused-ring (bicyclic) bond motifs is 1. The molecule has 180 valence electrons. The van der Waals surface area contributed by atoms with Crippen LogP contribution in [0.3, 0.4) is 0 Å². The molecular formula is C27H34N4O3. The van der Waals surface area contributed by atoms with Crippen LogP contribution in [0.15, 0.2) is 75.3 Å². The number of dihydropyridines is 1. The van der Waals surface area contributed by atoms with E-state index in [-0.39, 0.29) is 17.7 Å². The van der Waals surface area contributed by atoms with Crippen LogP contribution in [-0.2, 0) is 14.3 Å². The minimum atomic E-state index is -0.411. The summed E-state index contributed by atoms with van der Waals surface area (Å²) >= 11 is 0. The second-order valence-electron chi connectivity index (χ2n) is 9.37. The summed E-state index contributed by atoms with van der Waals surface area (Å²) in [7, 11) is 5.29. The summed E-state index contributed by atoms with van der Waals surface area (Å²) in [6.45, 7) is 7.08. The SMILES string of the molecule is CNCCOC1=C=C=C(C2=NC3=CC(OC)=CC(C)C3C(N3CC[C@](C)(C(=O)NC)C3)=C2)C=C1. The first kappa shape index (κ1) is 23.9. The normalized spacial score (nSPS) is 27.6. The molecule has 0 aromatic carbocycles. The van der Waals surface area contributed by atoms with E-state index < -0.39 is 5.41 Å². The molecule has 1 saturated heterocycles. The largest absolute Gasteiger partial charge is 0.497 e. The van der Waals surface area contributed by atoms with Crippen LogP contribution in [0.5, 0.6) is 0 Å². The quantitative estimate of drug-likeness (QED) is 0.429. The van der Waals surface area contributed by atoms with Crippen LogP contribution in [0.25, 0.3) is 0 Å². The summed E-state index contributed by atoms with van der Waals surface area (Å²) in [6, 6.07) is 0. The number of rotatable bonds is 8. The highest BCUT2D eigenvalue weighted by Crippen LogP contribution is 2.43. The van der Waals surface area contributed by atoms with Crippen molar-refractivity contribution in [2.24, 2.45) is 22.2 Å². The number of carbonyl (C=O) groups is 1. The van der Waals surface area contributed by atoms with E-state index in [2.05, 4.69) is 46.1 Å². The Balaban J connectivity index is 1.70. The molecule has 1 amide bonds. The third-order valence-corrected chi connectivity index (χ3v) is 6.87. The zero-order valence-corrected chi connectivity index (χ0v) is 20.7. The molecule has 2 aliphatic heterocycles. The van der Waals surface area contributed by atoms with Gasteiger partial charge in [0.15, 0.2) is 5.76 Å². The van der Waals surface area contributed by atoms with Gasteiger partial charge in [-0.15, -0.1) is 0 Å². The molecule has 2 N–H and O–H groups in total. The van der Waals surface area contributed by atoms with Crippen LogP contribution in [0.1, 0.15) is 20.3 Å². The molecule has 2 heterocycles. The van der Waals surface area contributed by atoms with Gasteiger partial charge in [0, 0.05) is 44.4 Å². The van der Waals surface area contributed by atoms with Crippen molar-refractivity contribution < 1.29 is 14.3 Å². The van der Waals surface area contributed by atoms with Crippen molar-refractivity contribution in [3.8, 4) is 0 Å². The van der Waals surface area contributed by atoms with Gasteiger partial charge in [-0.05, 0) is 56.3 Å². The van der Waals surface area contributed by atoms with Crippen molar-refractivity contribution in [3.63, 3.8) is 0 Å².